The molecule has 2 nitrogen and oxygen atoms in total. The third-order valence-electron chi connectivity index (χ3n) is 4.00. The standard InChI is InChI=1S/C15H20ClNO/c1-11(14-8-3-4-9-15(14)16)17(2)12-6-5-7-13(18)10-12/h3-4,8-9,11-12H,5-7,10H2,1-2H3. The van der Waals surface area contributed by atoms with Crippen LogP contribution in [-0.4, -0.2) is 23.8 Å². The van der Waals surface area contributed by atoms with Gasteiger partial charge in [-0.3, -0.25) is 9.69 Å². The maximum absolute atomic E-state index is 11.6. The molecule has 2 rings (SSSR count). The zero-order valence-electron chi connectivity index (χ0n) is 11.0. The van der Waals surface area contributed by atoms with Gasteiger partial charge in [-0.25, -0.2) is 0 Å². The van der Waals surface area contributed by atoms with Crippen LogP contribution in [0.3, 0.4) is 0 Å². The Hall–Kier alpha value is -0.860. The highest BCUT2D eigenvalue weighted by atomic mass is 35.5. The molecule has 0 spiro atoms. The fourth-order valence-electron chi connectivity index (χ4n) is 2.70. The van der Waals surface area contributed by atoms with Gasteiger partial charge in [0.15, 0.2) is 0 Å². The van der Waals surface area contributed by atoms with Gasteiger partial charge in [0.1, 0.15) is 5.78 Å². The van der Waals surface area contributed by atoms with Crippen LogP contribution in [0, 0.1) is 0 Å². The molecule has 2 atom stereocenters. The second-order valence-corrected chi connectivity index (χ2v) is 5.56. The molecule has 0 radical (unpaired) electrons. The van der Waals surface area contributed by atoms with Crippen molar-refractivity contribution in [2.45, 2.75) is 44.7 Å². The number of carbonyl (C=O) groups excluding carboxylic acids is 1. The Kier molecular flexibility index (Phi) is 4.41. The average Bonchev–Trinajstić information content (AvgIpc) is 2.37. The van der Waals surface area contributed by atoms with Gasteiger partial charge in [-0.1, -0.05) is 29.8 Å². The van der Waals surface area contributed by atoms with Crippen LogP contribution in [0.1, 0.15) is 44.2 Å². The van der Waals surface area contributed by atoms with Crippen LogP contribution in [0.2, 0.25) is 5.02 Å². The number of hydrogen-bond donors (Lipinski definition) is 0. The van der Waals surface area contributed by atoms with Crippen molar-refractivity contribution in [1.29, 1.82) is 0 Å². The van der Waals surface area contributed by atoms with Crippen LogP contribution < -0.4 is 0 Å². The van der Waals surface area contributed by atoms with E-state index in [1.54, 1.807) is 0 Å². The number of rotatable bonds is 3. The first-order valence-corrected chi connectivity index (χ1v) is 6.95. The molecule has 0 bridgehead atoms. The van der Waals surface area contributed by atoms with E-state index in [4.69, 9.17) is 11.6 Å². The first-order chi connectivity index (χ1) is 8.59. The highest BCUT2D eigenvalue weighted by Crippen LogP contribution is 2.30. The number of carbonyl (C=O) groups is 1. The summed E-state index contributed by atoms with van der Waals surface area (Å²) in [6, 6.07) is 8.55. The molecular formula is C15H20ClNO. The van der Waals surface area contributed by atoms with Crippen molar-refractivity contribution in [2.75, 3.05) is 7.05 Å². The Morgan fingerprint density at radius 2 is 2.11 bits per heavy atom. The summed E-state index contributed by atoms with van der Waals surface area (Å²) in [4.78, 5) is 13.8. The summed E-state index contributed by atoms with van der Waals surface area (Å²) >= 11 is 6.24. The molecule has 1 fully saturated rings. The zero-order valence-corrected chi connectivity index (χ0v) is 11.8. The van der Waals surface area contributed by atoms with Gasteiger partial charge >= 0.3 is 0 Å². The highest BCUT2D eigenvalue weighted by molar-refractivity contribution is 6.31. The van der Waals surface area contributed by atoms with Gasteiger partial charge in [-0.05, 0) is 38.4 Å². The minimum Gasteiger partial charge on any atom is -0.300 e. The van der Waals surface area contributed by atoms with Crippen molar-refractivity contribution >= 4 is 17.4 Å². The predicted molar refractivity (Wildman–Crippen MR) is 74.9 cm³/mol. The van der Waals surface area contributed by atoms with Gasteiger partial charge in [0.25, 0.3) is 0 Å². The average molecular weight is 266 g/mol. The number of halogens is 1. The third-order valence-corrected chi connectivity index (χ3v) is 4.34. The van der Waals surface area contributed by atoms with E-state index in [0.717, 1.165) is 29.8 Å². The number of hydrogen-bond acceptors (Lipinski definition) is 2. The fourth-order valence-corrected chi connectivity index (χ4v) is 2.99. The summed E-state index contributed by atoms with van der Waals surface area (Å²) in [5, 5.41) is 0.805. The summed E-state index contributed by atoms with van der Waals surface area (Å²) in [7, 11) is 2.09. The van der Waals surface area contributed by atoms with Crippen LogP contribution in [-0.2, 0) is 4.79 Å². The molecule has 18 heavy (non-hydrogen) atoms. The van der Waals surface area contributed by atoms with E-state index in [1.807, 2.05) is 18.2 Å². The normalized spacial score (nSPS) is 22.2. The molecule has 1 aliphatic rings. The van der Waals surface area contributed by atoms with Crippen LogP contribution in [0.5, 0.6) is 0 Å². The molecule has 0 saturated heterocycles. The summed E-state index contributed by atoms with van der Waals surface area (Å²) in [5.74, 6) is 0.393. The Morgan fingerprint density at radius 3 is 2.78 bits per heavy atom. The van der Waals surface area contributed by atoms with Gasteiger partial charge in [-0.2, -0.15) is 0 Å². The molecule has 0 aromatic heterocycles. The molecular weight excluding hydrogens is 246 g/mol. The molecule has 0 N–H and O–H groups in total. The molecule has 0 heterocycles. The van der Waals surface area contributed by atoms with Crippen molar-refractivity contribution in [1.82, 2.24) is 4.90 Å². The Balaban J connectivity index is 2.11. The van der Waals surface area contributed by atoms with E-state index >= 15 is 0 Å². The first kappa shape index (κ1) is 13.6. The second-order valence-electron chi connectivity index (χ2n) is 5.15. The second kappa shape index (κ2) is 5.85. The van der Waals surface area contributed by atoms with E-state index in [1.165, 1.54) is 0 Å². The van der Waals surface area contributed by atoms with Crippen LogP contribution >= 0.6 is 11.6 Å². The van der Waals surface area contributed by atoms with Crippen LogP contribution in [0.4, 0.5) is 0 Å². The van der Waals surface area contributed by atoms with E-state index in [-0.39, 0.29) is 6.04 Å². The van der Waals surface area contributed by atoms with Crippen LogP contribution in [0.15, 0.2) is 24.3 Å². The van der Waals surface area contributed by atoms with Crippen molar-refractivity contribution in [3.05, 3.63) is 34.9 Å². The van der Waals surface area contributed by atoms with Crippen molar-refractivity contribution in [3.63, 3.8) is 0 Å². The quantitative estimate of drug-likeness (QED) is 0.828. The largest absolute Gasteiger partial charge is 0.300 e. The topological polar surface area (TPSA) is 20.3 Å². The minimum atomic E-state index is 0.245. The molecule has 1 aromatic rings. The van der Waals surface area contributed by atoms with E-state index in [9.17, 15) is 4.79 Å². The Morgan fingerprint density at radius 1 is 1.39 bits per heavy atom. The molecule has 1 aromatic carbocycles. The lowest BCUT2D eigenvalue weighted by Gasteiger charge is -2.35. The smallest absolute Gasteiger partial charge is 0.134 e. The summed E-state index contributed by atoms with van der Waals surface area (Å²) < 4.78 is 0. The van der Waals surface area contributed by atoms with Crippen molar-refractivity contribution in [3.8, 4) is 0 Å². The number of ketones is 1. The number of Topliss-reactive ketones (excluding diaryl/α,β-unsaturated/α-hetero) is 1. The van der Waals surface area contributed by atoms with E-state index in [2.05, 4.69) is 24.9 Å². The van der Waals surface area contributed by atoms with Gasteiger partial charge in [0, 0.05) is 29.9 Å². The fraction of sp³-hybridized carbons (Fsp3) is 0.533. The van der Waals surface area contributed by atoms with Crippen molar-refractivity contribution in [2.24, 2.45) is 0 Å². The summed E-state index contributed by atoms with van der Waals surface area (Å²) in [5.41, 5.74) is 1.14. The minimum absolute atomic E-state index is 0.245. The van der Waals surface area contributed by atoms with Crippen molar-refractivity contribution < 1.29 is 4.79 Å². The Labute approximate surface area is 114 Å². The third kappa shape index (κ3) is 2.93. The first-order valence-electron chi connectivity index (χ1n) is 6.57. The number of nitrogens with zero attached hydrogens (tertiary/aromatic N) is 1. The predicted octanol–water partition coefficient (Wildman–Crippen LogP) is 3.84. The lowest BCUT2D eigenvalue weighted by Crippen LogP contribution is -2.37. The highest BCUT2D eigenvalue weighted by Gasteiger charge is 2.26. The molecule has 0 aliphatic heterocycles. The van der Waals surface area contributed by atoms with Crippen LogP contribution in [0.25, 0.3) is 0 Å². The maximum Gasteiger partial charge on any atom is 0.134 e. The number of benzene rings is 1. The summed E-state index contributed by atoms with van der Waals surface area (Å²) in [6.45, 7) is 2.15. The van der Waals surface area contributed by atoms with Gasteiger partial charge in [0.05, 0.1) is 0 Å². The Bertz CT molecular complexity index is 432. The SMILES string of the molecule is CC(c1ccccc1Cl)N(C)C1CCCC(=O)C1. The van der Waals surface area contributed by atoms with Gasteiger partial charge < -0.3 is 0 Å². The molecule has 0 amide bonds. The molecule has 98 valence electrons. The zero-order chi connectivity index (χ0) is 13.1. The van der Waals surface area contributed by atoms with E-state index < -0.39 is 0 Å². The van der Waals surface area contributed by atoms with E-state index in [0.29, 0.717) is 18.2 Å². The molecule has 1 saturated carbocycles. The molecule has 2 unspecified atom stereocenters. The summed E-state index contributed by atoms with van der Waals surface area (Å²) in [6.07, 6.45) is 3.57. The monoisotopic (exact) mass is 265 g/mol. The maximum atomic E-state index is 11.6. The van der Waals surface area contributed by atoms with Gasteiger partial charge in [-0.15, -0.1) is 0 Å². The van der Waals surface area contributed by atoms with Gasteiger partial charge in [0.2, 0.25) is 0 Å². The lowest BCUT2D eigenvalue weighted by molar-refractivity contribution is -0.122. The molecule has 1 aliphatic carbocycles. The lowest BCUT2D eigenvalue weighted by atomic mass is 9.92. The molecule has 3 heteroatoms.